The normalized spacial score (nSPS) is 18.4. The Morgan fingerprint density at radius 2 is 1.86 bits per heavy atom. The molecule has 3 aromatic rings. The number of sulfonamides is 1. The summed E-state index contributed by atoms with van der Waals surface area (Å²) in [5.74, 6) is -5.16. The molecule has 0 amide bonds. The predicted molar refractivity (Wildman–Crippen MR) is 119 cm³/mol. The molecule has 2 aromatic heterocycles. The highest BCUT2D eigenvalue weighted by molar-refractivity contribution is 7.88. The van der Waals surface area contributed by atoms with Crippen LogP contribution in [0, 0.1) is 11.6 Å². The van der Waals surface area contributed by atoms with E-state index in [0.29, 0.717) is 6.54 Å². The molecule has 9 nitrogen and oxygen atoms in total. The van der Waals surface area contributed by atoms with Crippen LogP contribution in [0.25, 0.3) is 22.3 Å². The van der Waals surface area contributed by atoms with Crippen molar-refractivity contribution < 1.29 is 35.5 Å². The maximum atomic E-state index is 14.8. The molecule has 1 aromatic carbocycles. The number of halogens is 5. The highest BCUT2D eigenvalue weighted by atomic mass is 32.2. The third-order valence-electron chi connectivity index (χ3n) is 6.67. The lowest BCUT2D eigenvalue weighted by Gasteiger charge is -2.41. The summed E-state index contributed by atoms with van der Waals surface area (Å²) in [5, 5.41) is 14.0. The van der Waals surface area contributed by atoms with Crippen LogP contribution in [-0.2, 0) is 22.7 Å². The van der Waals surface area contributed by atoms with E-state index in [-0.39, 0.29) is 48.4 Å². The van der Waals surface area contributed by atoms with Crippen LogP contribution >= 0.6 is 0 Å². The second-order valence-electron chi connectivity index (χ2n) is 8.99. The van der Waals surface area contributed by atoms with E-state index in [1.165, 1.54) is 15.2 Å². The monoisotopic (exact) mass is 532 g/mol. The van der Waals surface area contributed by atoms with Crippen LogP contribution in [0.5, 0.6) is 5.75 Å². The van der Waals surface area contributed by atoms with Crippen molar-refractivity contribution in [1.82, 2.24) is 24.1 Å². The lowest BCUT2D eigenvalue weighted by molar-refractivity contribution is -0.140. The van der Waals surface area contributed by atoms with Gasteiger partial charge in [0.2, 0.25) is 16.0 Å². The average Bonchev–Trinajstić information content (AvgIpc) is 3.46. The lowest BCUT2D eigenvalue weighted by Crippen LogP contribution is -2.56. The van der Waals surface area contributed by atoms with Crippen molar-refractivity contribution in [2.24, 2.45) is 0 Å². The van der Waals surface area contributed by atoms with Gasteiger partial charge in [-0.3, -0.25) is 0 Å². The molecule has 1 N–H and O–H groups in total. The molecule has 2 fully saturated rings. The van der Waals surface area contributed by atoms with Gasteiger partial charge in [-0.2, -0.15) is 27.6 Å². The fraction of sp³-hybridized carbons (Fsp3) is 0.476. The Labute approximate surface area is 202 Å². The van der Waals surface area contributed by atoms with Gasteiger partial charge in [0.05, 0.1) is 22.7 Å². The van der Waals surface area contributed by atoms with Gasteiger partial charge in [-0.15, -0.1) is 0 Å². The molecule has 5 rings (SSSR count). The van der Waals surface area contributed by atoms with Gasteiger partial charge in [0, 0.05) is 37.9 Å². The molecule has 36 heavy (non-hydrogen) atoms. The van der Waals surface area contributed by atoms with Crippen LogP contribution in [-0.4, -0.2) is 69.0 Å². The summed E-state index contributed by atoms with van der Waals surface area (Å²) >= 11 is 0. The molecular formula is C21H21F5N6O3S. The van der Waals surface area contributed by atoms with Crippen molar-refractivity contribution >= 4 is 27.0 Å². The molecule has 1 aliphatic carbocycles. The number of aromatic hydroxyl groups is 1. The van der Waals surface area contributed by atoms with E-state index in [4.69, 9.17) is 0 Å². The maximum Gasteiger partial charge on any atom is 0.419 e. The predicted octanol–water partition coefficient (Wildman–Crippen LogP) is 3.13. The number of aryl methyl sites for hydroxylation is 1. The van der Waals surface area contributed by atoms with Crippen LogP contribution in [0.4, 0.5) is 27.9 Å². The molecule has 3 heterocycles. The Morgan fingerprint density at radius 1 is 1.17 bits per heavy atom. The van der Waals surface area contributed by atoms with Gasteiger partial charge >= 0.3 is 6.18 Å². The second kappa shape index (κ2) is 7.96. The van der Waals surface area contributed by atoms with E-state index in [1.807, 2.05) is 4.90 Å². The third kappa shape index (κ3) is 3.84. The summed E-state index contributed by atoms with van der Waals surface area (Å²) in [7, 11) is -3.37. The van der Waals surface area contributed by atoms with E-state index in [9.17, 15) is 35.5 Å². The summed E-state index contributed by atoms with van der Waals surface area (Å²) in [5.41, 5.74) is -3.09. The second-order valence-corrected chi connectivity index (χ2v) is 11.0. The van der Waals surface area contributed by atoms with Gasteiger partial charge in [-0.1, -0.05) is 0 Å². The molecule has 0 radical (unpaired) electrons. The number of fused-ring (bicyclic) bond motifs is 1. The van der Waals surface area contributed by atoms with Crippen LogP contribution in [0.2, 0.25) is 0 Å². The maximum absolute atomic E-state index is 14.8. The minimum atomic E-state index is -5.18. The van der Waals surface area contributed by atoms with Crippen molar-refractivity contribution in [3.8, 4) is 17.0 Å². The molecule has 1 saturated heterocycles. The number of aromatic nitrogens is 4. The number of rotatable bonds is 4. The molecule has 2 aliphatic rings. The number of anilines is 1. The number of hydrogen-bond donors (Lipinski definition) is 1. The fourth-order valence-corrected chi connectivity index (χ4v) is 5.50. The van der Waals surface area contributed by atoms with Gasteiger partial charge < -0.3 is 10.0 Å². The molecule has 0 unspecified atom stereocenters. The molecular weight excluding hydrogens is 511 g/mol. The Hall–Kier alpha value is -3.07. The summed E-state index contributed by atoms with van der Waals surface area (Å²) in [6.45, 7) is 2.78. The van der Waals surface area contributed by atoms with E-state index in [1.54, 1.807) is 6.92 Å². The molecule has 194 valence electrons. The van der Waals surface area contributed by atoms with Gasteiger partial charge in [0.1, 0.15) is 5.69 Å². The first kappa shape index (κ1) is 24.6. The van der Waals surface area contributed by atoms with Crippen LogP contribution in [0.15, 0.2) is 12.3 Å². The molecule has 1 saturated carbocycles. The van der Waals surface area contributed by atoms with Crippen molar-refractivity contribution in [1.29, 1.82) is 0 Å². The molecule has 0 bridgehead atoms. The van der Waals surface area contributed by atoms with Crippen molar-refractivity contribution in [2.75, 3.05) is 30.8 Å². The minimum Gasteiger partial charge on any atom is -0.503 e. The number of hydrogen-bond acceptors (Lipinski definition) is 7. The van der Waals surface area contributed by atoms with Crippen molar-refractivity contribution in [3.63, 3.8) is 0 Å². The first-order chi connectivity index (χ1) is 16.8. The van der Waals surface area contributed by atoms with Gasteiger partial charge in [0.15, 0.2) is 23.0 Å². The Balaban J connectivity index is 1.61. The molecule has 15 heteroatoms. The summed E-state index contributed by atoms with van der Waals surface area (Å²) in [6.07, 6.45) is -1.26. The minimum absolute atomic E-state index is 0.109. The summed E-state index contributed by atoms with van der Waals surface area (Å²) in [4.78, 5) is 10.8. The smallest absolute Gasteiger partial charge is 0.419 e. The molecule has 1 aliphatic heterocycles. The fourth-order valence-electron chi connectivity index (χ4n) is 4.61. The number of alkyl halides is 3. The third-order valence-corrected chi connectivity index (χ3v) is 7.92. The Bertz CT molecular complexity index is 1490. The average molecular weight is 532 g/mol. The Morgan fingerprint density at radius 3 is 2.44 bits per heavy atom. The highest BCUT2D eigenvalue weighted by Crippen LogP contribution is 2.46. The number of phenols is 1. The summed E-state index contributed by atoms with van der Waals surface area (Å²) < 4.78 is 95.5. The zero-order valence-electron chi connectivity index (χ0n) is 19.1. The largest absolute Gasteiger partial charge is 0.503 e. The zero-order chi connectivity index (χ0) is 26.2. The number of nitrogens with zero attached hydrogens (tertiary/aromatic N) is 6. The van der Waals surface area contributed by atoms with Gasteiger partial charge in [-0.05, 0) is 25.8 Å². The number of piperazine rings is 1. The first-order valence-electron chi connectivity index (χ1n) is 11.0. The van der Waals surface area contributed by atoms with Crippen molar-refractivity contribution in [2.45, 2.75) is 38.0 Å². The number of benzene rings is 1. The first-order valence-corrected chi connectivity index (χ1v) is 12.9. The van der Waals surface area contributed by atoms with Crippen LogP contribution in [0.1, 0.15) is 25.3 Å². The number of phenolic OH excluding ortho intramolecular Hbond substituents is 1. The topological polar surface area (TPSA) is 104 Å². The van der Waals surface area contributed by atoms with Gasteiger partial charge in [0.25, 0.3) is 0 Å². The van der Waals surface area contributed by atoms with Crippen LogP contribution < -0.4 is 4.90 Å². The quantitative estimate of drug-likeness (QED) is 0.515. The Kier molecular flexibility index (Phi) is 5.45. The zero-order valence-corrected chi connectivity index (χ0v) is 20.0. The van der Waals surface area contributed by atoms with Crippen molar-refractivity contribution in [3.05, 3.63) is 29.5 Å². The molecule has 1 spiro atoms. The van der Waals surface area contributed by atoms with Gasteiger partial charge in [-0.25, -0.2) is 26.9 Å². The van der Waals surface area contributed by atoms with Crippen LogP contribution in [0.3, 0.4) is 0 Å². The van der Waals surface area contributed by atoms with E-state index < -0.39 is 50.2 Å². The van der Waals surface area contributed by atoms with E-state index in [0.717, 1.165) is 19.1 Å². The molecule has 0 atom stereocenters. The lowest BCUT2D eigenvalue weighted by atomic mass is 10.0. The van der Waals surface area contributed by atoms with E-state index in [2.05, 4.69) is 15.1 Å². The standard InChI is InChI=1S/C21H21F5N6O3S/c1-3-32-18-12(16(29-32)11-8-13(21(24,25)26)15(23)17(33)14(11)22)9-27-19(28-18)31-7-6-30(36(2,34)35)10-20(31)4-5-20/h8-9,33H,3-7,10H2,1-2H3. The SMILES string of the molecule is CCn1nc(-c2cc(C(F)(F)F)c(F)c(O)c2F)c2cnc(N3CCN(S(C)(=O)=O)CC34CC4)nc21. The summed E-state index contributed by atoms with van der Waals surface area (Å²) in [6, 6.07) is 0.268. The highest BCUT2D eigenvalue weighted by Gasteiger charge is 2.53. The van der Waals surface area contributed by atoms with E-state index >= 15 is 0 Å².